The Balaban J connectivity index is 2.09. The number of rotatable bonds is 3. The van der Waals surface area contributed by atoms with E-state index in [9.17, 15) is 4.79 Å². The van der Waals surface area contributed by atoms with E-state index in [0.29, 0.717) is 18.4 Å². The minimum Gasteiger partial charge on any atom is -0.339 e. The molecule has 100 valence electrons. The highest BCUT2D eigenvalue weighted by atomic mass is 16.5. The van der Waals surface area contributed by atoms with Crippen molar-refractivity contribution in [3.05, 3.63) is 11.7 Å². The molecule has 2 N–H and O–H groups in total. The maximum Gasteiger partial charge on any atom is 0.295 e. The van der Waals surface area contributed by atoms with Crippen molar-refractivity contribution in [2.45, 2.75) is 38.6 Å². The first-order valence-corrected chi connectivity index (χ1v) is 6.41. The fourth-order valence-corrected chi connectivity index (χ4v) is 2.67. The predicted molar refractivity (Wildman–Crippen MR) is 65.9 cm³/mol. The highest BCUT2D eigenvalue weighted by Crippen LogP contribution is 2.27. The van der Waals surface area contributed by atoms with Crippen LogP contribution in [0.15, 0.2) is 4.52 Å². The smallest absolute Gasteiger partial charge is 0.295 e. The van der Waals surface area contributed by atoms with Crippen molar-refractivity contribution in [3.63, 3.8) is 0 Å². The Morgan fingerprint density at radius 2 is 2.22 bits per heavy atom. The average molecular weight is 252 g/mol. The summed E-state index contributed by atoms with van der Waals surface area (Å²) < 4.78 is 4.84. The van der Waals surface area contributed by atoms with E-state index >= 15 is 0 Å². The maximum atomic E-state index is 12.2. The molecule has 1 aliphatic carbocycles. The van der Waals surface area contributed by atoms with Crippen molar-refractivity contribution < 1.29 is 9.32 Å². The summed E-state index contributed by atoms with van der Waals surface area (Å²) in [6.07, 6.45) is 4.43. The lowest BCUT2D eigenvalue weighted by Gasteiger charge is -2.36. The van der Waals surface area contributed by atoms with Gasteiger partial charge in [0, 0.05) is 20.0 Å². The second-order valence-electron chi connectivity index (χ2n) is 4.90. The van der Waals surface area contributed by atoms with Crippen LogP contribution in [0, 0.1) is 12.8 Å². The number of hydrogen-bond donors (Lipinski definition) is 1. The highest BCUT2D eigenvalue weighted by Gasteiger charge is 2.31. The first kappa shape index (κ1) is 13.0. The lowest BCUT2D eigenvalue weighted by molar-refractivity contribution is 0.0605. The van der Waals surface area contributed by atoms with Gasteiger partial charge in [-0.2, -0.15) is 4.98 Å². The summed E-state index contributed by atoms with van der Waals surface area (Å²) in [5.74, 6) is 0.736. The largest absolute Gasteiger partial charge is 0.339 e. The Kier molecular flexibility index (Phi) is 3.96. The molecule has 1 amide bonds. The van der Waals surface area contributed by atoms with Crippen molar-refractivity contribution in [1.82, 2.24) is 15.0 Å². The zero-order valence-electron chi connectivity index (χ0n) is 10.9. The zero-order chi connectivity index (χ0) is 13.1. The van der Waals surface area contributed by atoms with Gasteiger partial charge in [0.15, 0.2) is 0 Å². The van der Waals surface area contributed by atoms with Crippen LogP contribution in [-0.2, 0) is 0 Å². The molecule has 0 aromatic carbocycles. The zero-order valence-corrected chi connectivity index (χ0v) is 10.9. The molecule has 0 radical (unpaired) electrons. The van der Waals surface area contributed by atoms with E-state index < -0.39 is 0 Å². The number of amides is 1. The van der Waals surface area contributed by atoms with E-state index in [0.717, 1.165) is 19.3 Å². The van der Waals surface area contributed by atoms with Crippen LogP contribution in [0.3, 0.4) is 0 Å². The van der Waals surface area contributed by atoms with Crippen LogP contribution < -0.4 is 5.73 Å². The third-order valence-corrected chi connectivity index (χ3v) is 3.71. The fraction of sp³-hybridized carbons (Fsp3) is 0.750. The molecule has 1 aromatic heterocycles. The third kappa shape index (κ3) is 2.53. The van der Waals surface area contributed by atoms with Crippen LogP contribution in [0.2, 0.25) is 0 Å². The minimum atomic E-state index is -0.183. The molecule has 0 spiro atoms. The predicted octanol–water partition coefficient (Wildman–Crippen LogP) is 0.968. The van der Waals surface area contributed by atoms with Gasteiger partial charge >= 0.3 is 0 Å². The SMILES string of the molecule is Cc1nc(C(=O)N(C)C2CCCCC2CN)no1. The van der Waals surface area contributed by atoms with E-state index in [-0.39, 0.29) is 17.8 Å². The molecule has 2 unspecified atom stereocenters. The summed E-state index contributed by atoms with van der Waals surface area (Å²) >= 11 is 0. The van der Waals surface area contributed by atoms with Crippen LogP contribution in [-0.4, -0.2) is 40.6 Å². The molecule has 1 heterocycles. The number of nitrogens with zero attached hydrogens (tertiary/aromatic N) is 3. The lowest BCUT2D eigenvalue weighted by Crippen LogP contribution is -2.46. The fourth-order valence-electron chi connectivity index (χ4n) is 2.67. The van der Waals surface area contributed by atoms with Crippen molar-refractivity contribution in [1.29, 1.82) is 0 Å². The van der Waals surface area contributed by atoms with Crippen molar-refractivity contribution >= 4 is 5.91 Å². The van der Waals surface area contributed by atoms with Crippen LogP contribution in [0.25, 0.3) is 0 Å². The second-order valence-corrected chi connectivity index (χ2v) is 4.90. The van der Waals surface area contributed by atoms with Gasteiger partial charge in [-0.3, -0.25) is 4.79 Å². The van der Waals surface area contributed by atoms with E-state index in [1.165, 1.54) is 6.42 Å². The number of carbonyl (C=O) groups is 1. The highest BCUT2D eigenvalue weighted by molar-refractivity contribution is 5.90. The molecule has 2 rings (SSSR count). The summed E-state index contributed by atoms with van der Waals surface area (Å²) in [5.41, 5.74) is 5.79. The standard InChI is InChI=1S/C12H20N4O2/c1-8-14-11(15-18-8)12(17)16(2)10-6-4-3-5-9(10)7-13/h9-10H,3-7,13H2,1-2H3. The van der Waals surface area contributed by atoms with Crippen molar-refractivity contribution in [2.24, 2.45) is 11.7 Å². The molecule has 0 bridgehead atoms. The Morgan fingerprint density at radius 3 is 2.83 bits per heavy atom. The molecule has 0 aliphatic heterocycles. The first-order chi connectivity index (χ1) is 8.63. The number of carbonyl (C=O) groups excluding carboxylic acids is 1. The van der Waals surface area contributed by atoms with E-state index in [1.807, 2.05) is 0 Å². The third-order valence-electron chi connectivity index (χ3n) is 3.71. The maximum absolute atomic E-state index is 12.2. The molecule has 1 aliphatic rings. The lowest BCUT2D eigenvalue weighted by atomic mass is 9.83. The van der Waals surface area contributed by atoms with Crippen molar-refractivity contribution in [2.75, 3.05) is 13.6 Å². The van der Waals surface area contributed by atoms with Gasteiger partial charge in [0.25, 0.3) is 11.7 Å². The number of nitrogens with two attached hydrogens (primary N) is 1. The van der Waals surface area contributed by atoms with Gasteiger partial charge in [0.2, 0.25) is 5.89 Å². The summed E-state index contributed by atoms with van der Waals surface area (Å²) in [6, 6.07) is 0.190. The molecule has 6 heteroatoms. The molecular weight excluding hydrogens is 232 g/mol. The van der Waals surface area contributed by atoms with Gasteiger partial charge in [0.1, 0.15) is 0 Å². The number of aryl methyl sites for hydroxylation is 1. The second kappa shape index (κ2) is 5.48. The van der Waals surface area contributed by atoms with Crippen LogP contribution >= 0.6 is 0 Å². The van der Waals surface area contributed by atoms with E-state index in [4.69, 9.17) is 10.3 Å². The van der Waals surface area contributed by atoms with Gasteiger partial charge in [-0.05, 0) is 25.3 Å². The Morgan fingerprint density at radius 1 is 1.50 bits per heavy atom. The Bertz CT molecular complexity index is 418. The van der Waals surface area contributed by atoms with Gasteiger partial charge in [-0.15, -0.1) is 0 Å². The van der Waals surface area contributed by atoms with E-state index in [1.54, 1.807) is 18.9 Å². The number of hydrogen-bond acceptors (Lipinski definition) is 5. The minimum absolute atomic E-state index is 0.136. The van der Waals surface area contributed by atoms with Crippen molar-refractivity contribution in [3.8, 4) is 0 Å². The van der Waals surface area contributed by atoms with Gasteiger partial charge < -0.3 is 15.2 Å². The molecular formula is C12H20N4O2. The molecule has 6 nitrogen and oxygen atoms in total. The summed E-state index contributed by atoms with van der Waals surface area (Å²) in [6.45, 7) is 2.29. The molecule has 1 fully saturated rings. The van der Waals surface area contributed by atoms with Crippen LogP contribution in [0.5, 0.6) is 0 Å². The number of aromatic nitrogens is 2. The average Bonchev–Trinajstić information content (AvgIpc) is 2.83. The summed E-state index contributed by atoms with van der Waals surface area (Å²) in [7, 11) is 1.80. The molecule has 1 saturated carbocycles. The normalized spacial score (nSPS) is 23.9. The molecule has 2 atom stereocenters. The first-order valence-electron chi connectivity index (χ1n) is 6.41. The topological polar surface area (TPSA) is 85.2 Å². The Labute approximate surface area is 107 Å². The summed E-state index contributed by atoms with van der Waals surface area (Å²) in [5, 5.41) is 3.67. The van der Waals surface area contributed by atoms with Crippen LogP contribution in [0.1, 0.15) is 42.2 Å². The molecule has 18 heavy (non-hydrogen) atoms. The summed E-state index contributed by atoms with van der Waals surface area (Å²) in [4.78, 5) is 17.9. The quantitative estimate of drug-likeness (QED) is 0.866. The van der Waals surface area contributed by atoms with E-state index in [2.05, 4.69) is 10.1 Å². The van der Waals surface area contributed by atoms with Gasteiger partial charge in [0.05, 0.1) is 0 Å². The van der Waals surface area contributed by atoms with Crippen LogP contribution in [0.4, 0.5) is 0 Å². The van der Waals surface area contributed by atoms with Gasteiger partial charge in [-0.1, -0.05) is 18.0 Å². The van der Waals surface area contributed by atoms with Gasteiger partial charge in [-0.25, -0.2) is 0 Å². The monoisotopic (exact) mass is 252 g/mol. The Hall–Kier alpha value is -1.43. The molecule has 1 aromatic rings. The molecule has 0 saturated heterocycles.